The molecule has 0 saturated heterocycles. The van der Waals surface area contributed by atoms with E-state index in [1.165, 1.54) is 4.90 Å². The fourth-order valence-corrected chi connectivity index (χ4v) is 2.80. The molecule has 2 aromatic rings. The number of aliphatic hydroxyl groups is 1. The van der Waals surface area contributed by atoms with Gasteiger partial charge in [-0.25, -0.2) is 0 Å². The molecule has 96 valence electrons. The largest absolute Gasteiger partial charge is 0.392 e. The van der Waals surface area contributed by atoms with Gasteiger partial charge in [-0.3, -0.25) is 4.68 Å². The monoisotopic (exact) mass is 262 g/mol. The lowest BCUT2D eigenvalue weighted by atomic mass is 10.2. The van der Waals surface area contributed by atoms with Gasteiger partial charge in [0.25, 0.3) is 0 Å². The molecule has 0 bridgehead atoms. The van der Waals surface area contributed by atoms with Gasteiger partial charge < -0.3 is 5.11 Å². The van der Waals surface area contributed by atoms with Gasteiger partial charge in [-0.1, -0.05) is 18.2 Å². The number of rotatable bonds is 5. The average molecular weight is 262 g/mol. The Kier molecular flexibility index (Phi) is 4.44. The summed E-state index contributed by atoms with van der Waals surface area (Å²) >= 11 is 1.82. The Bertz CT molecular complexity index is 508. The fourth-order valence-electron chi connectivity index (χ4n) is 1.95. The maximum absolute atomic E-state index is 9.26. The number of thioether (sulfide) groups is 1. The number of nitrogens with zero attached hydrogens (tertiary/aromatic N) is 2. The summed E-state index contributed by atoms with van der Waals surface area (Å²) in [7, 11) is 0. The number of hydrogen-bond acceptors (Lipinski definition) is 3. The standard InChI is InChI=1S/C14H18N2OS/c1-11-14(10-17)12(2)16(15-11)8-9-18-13-6-4-3-5-7-13/h3-7,17H,8-10H2,1-2H3. The SMILES string of the molecule is Cc1nn(CCSc2ccccc2)c(C)c1CO. The molecule has 0 saturated carbocycles. The van der Waals surface area contributed by atoms with E-state index in [9.17, 15) is 5.11 Å². The summed E-state index contributed by atoms with van der Waals surface area (Å²) in [5.74, 6) is 0.983. The lowest BCUT2D eigenvalue weighted by Gasteiger charge is -2.05. The quantitative estimate of drug-likeness (QED) is 0.842. The molecule has 0 aliphatic rings. The highest BCUT2D eigenvalue weighted by atomic mass is 32.2. The van der Waals surface area contributed by atoms with Gasteiger partial charge in [-0.2, -0.15) is 5.10 Å². The zero-order valence-corrected chi connectivity index (χ0v) is 11.6. The van der Waals surface area contributed by atoms with Gasteiger partial charge in [0.2, 0.25) is 0 Å². The molecular weight excluding hydrogens is 244 g/mol. The first-order valence-electron chi connectivity index (χ1n) is 6.04. The van der Waals surface area contributed by atoms with Crippen molar-refractivity contribution in [2.45, 2.75) is 31.9 Å². The van der Waals surface area contributed by atoms with Crippen molar-refractivity contribution in [3.05, 3.63) is 47.3 Å². The molecule has 18 heavy (non-hydrogen) atoms. The van der Waals surface area contributed by atoms with Crippen LogP contribution in [-0.4, -0.2) is 20.6 Å². The lowest BCUT2D eigenvalue weighted by molar-refractivity contribution is 0.280. The normalized spacial score (nSPS) is 10.8. The second-order valence-corrected chi connectivity index (χ2v) is 5.36. The van der Waals surface area contributed by atoms with Crippen molar-refractivity contribution in [2.75, 3.05) is 5.75 Å². The van der Waals surface area contributed by atoms with Gasteiger partial charge in [0.15, 0.2) is 0 Å². The first kappa shape index (κ1) is 13.2. The van der Waals surface area contributed by atoms with Crippen molar-refractivity contribution < 1.29 is 5.11 Å². The van der Waals surface area contributed by atoms with Gasteiger partial charge >= 0.3 is 0 Å². The zero-order valence-electron chi connectivity index (χ0n) is 10.8. The van der Waals surface area contributed by atoms with E-state index in [0.717, 1.165) is 29.2 Å². The van der Waals surface area contributed by atoms with Crippen molar-refractivity contribution in [1.82, 2.24) is 9.78 Å². The summed E-state index contributed by atoms with van der Waals surface area (Å²) in [4.78, 5) is 1.28. The van der Waals surface area contributed by atoms with Crippen molar-refractivity contribution >= 4 is 11.8 Å². The van der Waals surface area contributed by atoms with Crippen LogP contribution in [-0.2, 0) is 13.2 Å². The van der Waals surface area contributed by atoms with E-state index in [1.54, 1.807) is 0 Å². The maximum atomic E-state index is 9.26. The molecule has 1 heterocycles. The fraction of sp³-hybridized carbons (Fsp3) is 0.357. The molecule has 1 N–H and O–H groups in total. The molecule has 0 aliphatic heterocycles. The zero-order chi connectivity index (χ0) is 13.0. The third-order valence-electron chi connectivity index (χ3n) is 3.00. The Morgan fingerprint density at radius 2 is 1.94 bits per heavy atom. The van der Waals surface area contributed by atoms with E-state index in [0.29, 0.717) is 0 Å². The number of aryl methyl sites for hydroxylation is 2. The number of aromatic nitrogens is 2. The number of aliphatic hydroxyl groups excluding tert-OH is 1. The molecule has 0 amide bonds. The van der Waals surface area contributed by atoms with Crippen LogP contribution in [0.5, 0.6) is 0 Å². The molecule has 0 spiro atoms. The predicted octanol–water partition coefficient (Wildman–Crippen LogP) is 2.78. The first-order chi connectivity index (χ1) is 8.72. The van der Waals surface area contributed by atoms with Crippen LogP contribution in [0.2, 0.25) is 0 Å². The van der Waals surface area contributed by atoms with E-state index in [2.05, 4.69) is 29.4 Å². The van der Waals surface area contributed by atoms with Gasteiger partial charge in [-0.05, 0) is 26.0 Å². The minimum atomic E-state index is 0.0729. The topological polar surface area (TPSA) is 38.0 Å². The molecule has 1 aromatic carbocycles. The Labute approximate surface area is 112 Å². The Balaban J connectivity index is 1.95. The summed E-state index contributed by atoms with van der Waals surface area (Å²) in [5.41, 5.74) is 2.96. The van der Waals surface area contributed by atoms with Crippen LogP contribution in [0.4, 0.5) is 0 Å². The third kappa shape index (κ3) is 2.94. The van der Waals surface area contributed by atoms with Crippen LogP contribution in [0.25, 0.3) is 0 Å². The molecule has 3 nitrogen and oxygen atoms in total. The second kappa shape index (κ2) is 6.07. The Hall–Kier alpha value is -1.26. The molecule has 0 atom stereocenters. The molecule has 4 heteroatoms. The lowest BCUT2D eigenvalue weighted by Crippen LogP contribution is -2.05. The number of benzene rings is 1. The minimum Gasteiger partial charge on any atom is -0.392 e. The molecule has 0 fully saturated rings. The summed E-state index contributed by atoms with van der Waals surface area (Å²) < 4.78 is 1.98. The van der Waals surface area contributed by atoms with E-state index >= 15 is 0 Å². The molecule has 1 aromatic heterocycles. The highest BCUT2D eigenvalue weighted by Crippen LogP contribution is 2.18. The summed E-state index contributed by atoms with van der Waals surface area (Å²) in [6, 6.07) is 10.4. The molecule has 0 radical (unpaired) electrons. The first-order valence-corrected chi connectivity index (χ1v) is 7.02. The van der Waals surface area contributed by atoms with Crippen LogP contribution in [0.1, 0.15) is 17.0 Å². The Morgan fingerprint density at radius 1 is 1.22 bits per heavy atom. The predicted molar refractivity (Wildman–Crippen MR) is 74.8 cm³/mol. The van der Waals surface area contributed by atoms with E-state index in [1.807, 2.05) is 36.4 Å². The van der Waals surface area contributed by atoms with Crippen molar-refractivity contribution in [1.29, 1.82) is 0 Å². The van der Waals surface area contributed by atoms with Crippen molar-refractivity contribution in [3.8, 4) is 0 Å². The van der Waals surface area contributed by atoms with Crippen molar-refractivity contribution in [3.63, 3.8) is 0 Å². The average Bonchev–Trinajstić information content (AvgIpc) is 2.65. The second-order valence-electron chi connectivity index (χ2n) is 4.19. The third-order valence-corrected chi connectivity index (χ3v) is 4.00. The van der Waals surface area contributed by atoms with Crippen LogP contribution >= 0.6 is 11.8 Å². The maximum Gasteiger partial charge on any atom is 0.0718 e. The van der Waals surface area contributed by atoms with Gasteiger partial charge in [-0.15, -0.1) is 11.8 Å². The van der Waals surface area contributed by atoms with Crippen LogP contribution < -0.4 is 0 Å². The molecular formula is C14H18N2OS. The van der Waals surface area contributed by atoms with Crippen molar-refractivity contribution in [2.24, 2.45) is 0 Å². The van der Waals surface area contributed by atoms with Gasteiger partial charge in [0.05, 0.1) is 18.8 Å². The van der Waals surface area contributed by atoms with Crippen LogP contribution in [0.3, 0.4) is 0 Å². The highest BCUT2D eigenvalue weighted by molar-refractivity contribution is 7.99. The van der Waals surface area contributed by atoms with Crippen LogP contribution in [0, 0.1) is 13.8 Å². The smallest absolute Gasteiger partial charge is 0.0718 e. The van der Waals surface area contributed by atoms with Crippen LogP contribution in [0.15, 0.2) is 35.2 Å². The summed E-state index contributed by atoms with van der Waals surface area (Å²) in [5, 5.41) is 13.7. The molecule has 0 aliphatic carbocycles. The van der Waals surface area contributed by atoms with E-state index in [4.69, 9.17) is 0 Å². The summed E-state index contributed by atoms with van der Waals surface area (Å²) in [6.07, 6.45) is 0. The Morgan fingerprint density at radius 3 is 2.56 bits per heavy atom. The molecule has 2 rings (SSSR count). The number of hydrogen-bond donors (Lipinski definition) is 1. The van der Waals surface area contributed by atoms with Gasteiger partial charge in [0.1, 0.15) is 0 Å². The van der Waals surface area contributed by atoms with Gasteiger partial charge in [0, 0.05) is 21.9 Å². The highest BCUT2D eigenvalue weighted by Gasteiger charge is 2.09. The minimum absolute atomic E-state index is 0.0729. The van der Waals surface area contributed by atoms with E-state index in [-0.39, 0.29) is 6.61 Å². The summed E-state index contributed by atoms with van der Waals surface area (Å²) in [6.45, 7) is 4.90. The van der Waals surface area contributed by atoms with E-state index < -0.39 is 0 Å². The molecule has 0 unspecified atom stereocenters.